The summed E-state index contributed by atoms with van der Waals surface area (Å²) in [4.78, 5) is 22.3. The maximum Gasteiger partial charge on any atom is 0.513 e. The lowest BCUT2D eigenvalue weighted by Gasteiger charge is -2.23. The quantitative estimate of drug-likeness (QED) is 0.236. The lowest BCUT2D eigenvalue weighted by Crippen LogP contribution is -2.28. The summed E-state index contributed by atoms with van der Waals surface area (Å²) in [7, 11) is -4.09. The molecule has 1 aliphatic carbocycles. The van der Waals surface area contributed by atoms with E-state index < -0.39 is 25.2 Å². The molecule has 0 radical (unpaired) electrons. The molecule has 3 rings (SSSR count). The number of carbonyl (C=O) groups excluding carboxylic acids is 1. The fraction of sp³-hybridized carbons (Fsp3) is 0.381. The molecule has 0 amide bonds. The number of carbonyl (C=O) groups is 1. The Kier molecular flexibility index (Phi) is 6.97. The highest BCUT2D eigenvalue weighted by Crippen LogP contribution is 2.51. The highest BCUT2D eigenvalue weighted by Gasteiger charge is 2.34. The molecule has 0 spiro atoms. The van der Waals surface area contributed by atoms with E-state index in [1.54, 1.807) is 13.8 Å². The number of ether oxygens (including phenoxy) is 1. The molecule has 2 aromatic rings. The van der Waals surface area contributed by atoms with Gasteiger partial charge in [-0.2, -0.15) is 5.09 Å². The number of benzene rings is 2. The average molecular weight is 448 g/mol. The summed E-state index contributed by atoms with van der Waals surface area (Å²) in [5.41, 5.74) is 1.58. The van der Waals surface area contributed by atoms with Crippen LogP contribution in [0.4, 0.5) is 5.69 Å². The number of nitro groups is 1. The van der Waals surface area contributed by atoms with Crippen molar-refractivity contribution in [2.45, 2.75) is 45.6 Å². The number of para-hydroxylation sites is 1. The van der Waals surface area contributed by atoms with Gasteiger partial charge in [-0.15, -0.1) is 0 Å². The number of non-ortho nitro benzene ring substituents is 1. The van der Waals surface area contributed by atoms with E-state index in [4.69, 9.17) is 13.8 Å². The first-order valence-electron chi connectivity index (χ1n) is 9.94. The van der Waals surface area contributed by atoms with Gasteiger partial charge >= 0.3 is 13.7 Å². The molecule has 0 bridgehead atoms. The van der Waals surface area contributed by atoms with E-state index in [1.165, 1.54) is 24.3 Å². The minimum absolute atomic E-state index is 0.0974. The molecule has 1 atom stereocenters. The zero-order valence-corrected chi connectivity index (χ0v) is 18.5. The Balaban J connectivity index is 1.86. The Morgan fingerprint density at radius 1 is 1.19 bits per heavy atom. The number of nitro benzene ring substituents is 1. The van der Waals surface area contributed by atoms with Crippen molar-refractivity contribution >= 4 is 19.4 Å². The highest BCUT2D eigenvalue weighted by atomic mass is 31.2. The van der Waals surface area contributed by atoms with Gasteiger partial charge in [0.25, 0.3) is 5.69 Å². The van der Waals surface area contributed by atoms with Crippen LogP contribution >= 0.6 is 7.75 Å². The number of esters is 1. The highest BCUT2D eigenvalue weighted by molar-refractivity contribution is 7.52. The van der Waals surface area contributed by atoms with Crippen molar-refractivity contribution in [3.63, 3.8) is 0 Å². The second-order valence-electron chi connectivity index (χ2n) is 7.57. The van der Waals surface area contributed by atoms with Crippen LogP contribution < -0.4 is 14.1 Å². The normalized spacial score (nSPS) is 15.2. The van der Waals surface area contributed by atoms with Gasteiger partial charge in [-0.1, -0.05) is 18.2 Å². The standard InChI is InChI=1S/C21H25N2O7P/c1-14(2)28-20(24)13-22-31(27,29-18-11-9-17(10-12-18)23(25)26)30-21-15(3)5-4-6-19(21)16-7-8-16/h4-6,9-12,14,16H,7-8,13H2,1-3H3,(H,22,27). The topological polar surface area (TPSA) is 117 Å². The predicted molar refractivity (Wildman–Crippen MR) is 114 cm³/mol. The molecule has 0 saturated heterocycles. The van der Waals surface area contributed by atoms with E-state index in [0.717, 1.165) is 24.0 Å². The molecule has 0 aromatic heterocycles. The molecular weight excluding hydrogens is 423 g/mol. The van der Waals surface area contributed by atoms with E-state index >= 15 is 0 Å². The van der Waals surface area contributed by atoms with Gasteiger partial charge in [0.15, 0.2) is 0 Å². The van der Waals surface area contributed by atoms with E-state index in [1.807, 2.05) is 25.1 Å². The fourth-order valence-corrected chi connectivity index (χ4v) is 4.33. The van der Waals surface area contributed by atoms with Gasteiger partial charge in [-0.3, -0.25) is 14.9 Å². The Morgan fingerprint density at radius 3 is 2.45 bits per heavy atom. The van der Waals surface area contributed by atoms with Gasteiger partial charge in [0, 0.05) is 12.1 Å². The van der Waals surface area contributed by atoms with Crippen molar-refractivity contribution in [2.24, 2.45) is 0 Å². The summed E-state index contributed by atoms with van der Waals surface area (Å²) in [5, 5.41) is 13.4. The molecule has 0 aliphatic heterocycles. The van der Waals surface area contributed by atoms with E-state index in [2.05, 4.69) is 5.09 Å². The molecule has 1 fully saturated rings. The van der Waals surface area contributed by atoms with Crippen LogP contribution in [0.15, 0.2) is 42.5 Å². The monoisotopic (exact) mass is 448 g/mol. The average Bonchev–Trinajstić information content (AvgIpc) is 3.53. The van der Waals surface area contributed by atoms with Gasteiger partial charge in [0.1, 0.15) is 18.0 Å². The second kappa shape index (κ2) is 9.49. The third-order valence-electron chi connectivity index (χ3n) is 4.53. The summed E-state index contributed by atoms with van der Waals surface area (Å²) < 4.78 is 30.2. The Labute approximate surface area is 180 Å². The summed E-state index contributed by atoms with van der Waals surface area (Å²) in [6, 6.07) is 10.8. The Bertz CT molecular complexity index is 1000. The third-order valence-corrected chi connectivity index (χ3v) is 5.95. The van der Waals surface area contributed by atoms with Gasteiger partial charge in [-0.25, -0.2) is 4.57 Å². The first-order valence-corrected chi connectivity index (χ1v) is 11.5. The van der Waals surface area contributed by atoms with Gasteiger partial charge in [-0.05, 0) is 62.8 Å². The van der Waals surface area contributed by atoms with Crippen molar-refractivity contribution in [3.05, 3.63) is 63.7 Å². The number of rotatable bonds is 10. The molecule has 9 nitrogen and oxygen atoms in total. The number of hydrogen-bond donors (Lipinski definition) is 1. The van der Waals surface area contributed by atoms with Crippen molar-refractivity contribution in [1.29, 1.82) is 0 Å². The molecule has 1 unspecified atom stereocenters. The molecular formula is C21H25N2O7P. The lowest BCUT2D eigenvalue weighted by atomic mass is 10.1. The first-order chi connectivity index (χ1) is 14.7. The van der Waals surface area contributed by atoms with Crippen LogP contribution in [0, 0.1) is 17.0 Å². The summed E-state index contributed by atoms with van der Waals surface area (Å²) in [5.74, 6) is 0.257. The van der Waals surface area contributed by atoms with E-state index in [9.17, 15) is 19.5 Å². The van der Waals surface area contributed by atoms with Crippen molar-refractivity contribution in [1.82, 2.24) is 5.09 Å². The molecule has 1 N–H and O–H groups in total. The molecule has 166 valence electrons. The zero-order valence-electron chi connectivity index (χ0n) is 17.6. The predicted octanol–water partition coefficient (Wildman–Crippen LogP) is 4.89. The maximum atomic E-state index is 13.6. The number of hydrogen-bond acceptors (Lipinski definition) is 7. The second-order valence-corrected chi connectivity index (χ2v) is 9.25. The van der Waals surface area contributed by atoms with Crippen LogP contribution in [-0.4, -0.2) is 23.5 Å². The molecule has 10 heteroatoms. The van der Waals surface area contributed by atoms with Gasteiger partial charge < -0.3 is 13.8 Å². The maximum absolute atomic E-state index is 13.6. The molecule has 0 heterocycles. The smallest absolute Gasteiger partial charge is 0.462 e. The van der Waals surface area contributed by atoms with Crippen LogP contribution in [0.1, 0.15) is 43.7 Å². The van der Waals surface area contributed by atoms with Crippen molar-refractivity contribution < 1.29 is 28.1 Å². The summed E-state index contributed by atoms with van der Waals surface area (Å²) in [6.45, 7) is 4.85. The molecule has 1 aliphatic rings. The van der Waals surface area contributed by atoms with Crippen molar-refractivity contribution in [3.8, 4) is 11.5 Å². The Morgan fingerprint density at radius 2 is 1.87 bits per heavy atom. The van der Waals surface area contributed by atoms with Crippen LogP contribution in [0.3, 0.4) is 0 Å². The summed E-state index contributed by atoms with van der Waals surface area (Å²) in [6.07, 6.45) is 1.70. The van der Waals surface area contributed by atoms with Crippen LogP contribution in [0.5, 0.6) is 11.5 Å². The van der Waals surface area contributed by atoms with E-state index in [-0.39, 0.29) is 17.5 Å². The zero-order chi connectivity index (χ0) is 22.6. The van der Waals surface area contributed by atoms with Crippen LogP contribution in [0.2, 0.25) is 0 Å². The van der Waals surface area contributed by atoms with Crippen LogP contribution in [0.25, 0.3) is 0 Å². The lowest BCUT2D eigenvalue weighted by molar-refractivity contribution is -0.384. The minimum Gasteiger partial charge on any atom is -0.462 e. The van der Waals surface area contributed by atoms with Gasteiger partial charge in [0.2, 0.25) is 0 Å². The molecule has 1 saturated carbocycles. The SMILES string of the molecule is Cc1cccc(C2CC2)c1OP(=O)(NCC(=O)OC(C)C)Oc1ccc([N+](=O)[O-])cc1. The third kappa shape index (κ3) is 6.29. The fourth-order valence-electron chi connectivity index (χ4n) is 2.95. The number of nitrogens with one attached hydrogen (secondary N) is 1. The minimum atomic E-state index is -4.09. The summed E-state index contributed by atoms with van der Waals surface area (Å²) >= 11 is 0. The van der Waals surface area contributed by atoms with Crippen LogP contribution in [-0.2, 0) is 14.1 Å². The number of aryl methyl sites for hydroxylation is 1. The molecule has 31 heavy (non-hydrogen) atoms. The molecule has 2 aromatic carbocycles. The largest absolute Gasteiger partial charge is 0.513 e. The Hall–Kier alpha value is -2.90. The number of nitrogens with zero attached hydrogens (tertiary/aromatic N) is 1. The van der Waals surface area contributed by atoms with E-state index in [0.29, 0.717) is 11.7 Å². The van der Waals surface area contributed by atoms with Gasteiger partial charge in [0.05, 0.1) is 11.0 Å². The first kappa shape index (κ1) is 22.8. The van der Waals surface area contributed by atoms with Crippen molar-refractivity contribution in [2.75, 3.05) is 6.54 Å².